The third kappa shape index (κ3) is 4.91. The summed E-state index contributed by atoms with van der Waals surface area (Å²) in [5.41, 5.74) is 0.618. The predicted molar refractivity (Wildman–Crippen MR) is 70.0 cm³/mol. The zero-order chi connectivity index (χ0) is 12.5. The molecule has 0 radical (unpaired) electrons. The summed E-state index contributed by atoms with van der Waals surface area (Å²) in [4.78, 5) is 0. The zero-order valence-corrected chi connectivity index (χ0v) is 10.8. The molecule has 0 fully saturated rings. The predicted octanol–water partition coefficient (Wildman–Crippen LogP) is 4.30. The molecular weight excluding hydrogens is 210 g/mol. The van der Waals surface area contributed by atoms with E-state index in [4.69, 9.17) is 10.00 Å². The molecule has 0 bridgehead atoms. The summed E-state index contributed by atoms with van der Waals surface area (Å²) in [5, 5.41) is 8.95. The van der Waals surface area contributed by atoms with Gasteiger partial charge in [-0.25, -0.2) is 0 Å². The van der Waals surface area contributed by atoms with E-state index in [2.05, 4.69) is 19.9 Å². The van der Waals surface area contributed by atoms with Gasteiger partial charge >= 0.3 is 0 Å². The van der Waals surface area contributed by atoms with E-state index in [0.717, 1.165) is 6.42 Å². The maximum absolute atomic E-state index is 8.95. The van der Waals surface area contributed by atoms with E-state index in [9.17, 15) is 0 Å². The molecule has 1 aromatic carbocycles. The van der Waals surface area contributed by atoms with Crippen LogP contribution in [0.1, 0.15) is 51.5 Å². The normalized spacial score (nSPS) is 11.8. The number of hydrogen-bond donors (Lipinski definition) is 0. The highest BCUT2D eigenvalue weighted by molar-refractivity contribution is 5.42. The molecule has 1 aromatic rings. The molecule has 0 saturated carbocycles. The number of ether oxygens (including phenoxy) is 1. The average Bonchev–Trinajstić information content (AvgIpc) is 2.35. The Morgan fingerprint density at radius 2 is 2.00 bits per heavy atom. The molecule has 1 rings (SSSR count). The molecule has 0 spiro atoms. The summed E-state index contributed by atoms with van der Waals surface area (Å²) in [6.07, 6.45) is 6.25. The van der Waals surface area contributed by atoms with Crippen LogP contribution < -0.4 is 4.74 Å². The van der Waals surface area contributed by atoms with Gasteiger partial charge in [-0.3, -0.25) is 0 Å². The minimum absolute atomic E-state index is 0.182. The molecule has 17 heavy (non-hydrogen) atoms. The van der Waals surface area contributed by atoms with Crippen LogP contribution in [0.25, 0.3) is 0 Å². The molecule has 0 aliphatic rings. The molecule has 0 aromatic heterocycles. The van der Waals surface area contributed by atoms with Crippen molar-refractivity contribution in [3.05, 3.63) is 29.8 Å². The molecule has 0 heterocycles. The standard InChI is InChI=1S/C15H21NO/c1-3-4-5-6-9-13(2)17-15-11-8-7-10-14(15)12-16/h7-8,10-11,13H,3-6,9H2,1-2H3. The van der Waals surface area contributed by atoms with Gasteiger partial charge < -0.3 is 4.74 Å². The molecule has 0 aliphatic heterocycles. The highest BCUT2D eigenvalue weighted by Crippen LogP contribution is 2.19. The molecular formula is C15H21NO. The topological polar surface area (TPSA) is 33.0 Å². The lowest BCUT2D eigenvalue weighted by atomic mass is 10.1. The fraction of sp³-hybridized carbons (Fsp3) is 0.533. The van der Waals surface area contributed by atoms with Gasteiger partial charge in [0.15, 0.2) is 0 Å². The summed E-state index contributed by atoms with van der Waals surface area (Å²) in [5.74, 6) is 0.706. The molecule has 1 atom stereocenters. The molecule has 0 N–H and O–H groups in total. The van der Waals surface area contributed by atoms with Crippen LogP contribution in [0.2, 0.25) is 0 Å². The minimum atomic E-state index is 0.182. The second-order valence-corrected chi connectivity index (χ2v) is 4.39. The average molecular weight is 231 g/mol. The quantitative estimate of drug-likeness (QED) is 0.655. The largest absolute Gasteiger partial charge is 0.489 e. The zero-order valence-electron chi connectivity index (χ0n) is 10.8. The van der Waals surface area contributed by atoms with Gasteiger partial charge in [-0.05, 0) is 31.9 Å². The second kappa shape index (κ2) is 7.73. The number of nitriles is 1. The first-order valence-corrected chi connectivity index (χ1v) is 6.43. The van der Waals surface area contributed by atoms with Crippen molar-refractivity contribution in [2.45, 2.75) is 52.1 Å². The Hall–Kier alpha value is -1.49. The Balaban J connectivity index is 2.40. The van der Waals surface area contributed by atoms with E-state index in [1.54, 1.807) is 6.07 Å². The summed E-state index contributed by atoms with van der Waals surface area (Å²) in [7, 11) is 0. The van der Waals surface area contributed by atoms with Gasteiger partial charge in [0, 0.05) is 0 Å². The Morgan fingerprint density at radius 1 is 1.24 bits per heavy atom. The van der Waals surface area contributed by atoms with Gasteiger partial charge in [0.1, 0.15) is 11.8 Å². The number of benzene rings is 1. The molecule has 0 saturated heterocycles. The van der Waals surface area contributed by atoms with Gasteiger partial charge in [-0.1, -0.05) is 38.3 Å². The Bertz CT molecular complexity index is 367. The van der Waals surface area contributed by atoms with Crippen LogP contribution in [-0.4, -0.2) is 6.10 Å². The van der Waals surface area contributed by atoms with Gasteiger partial charge in [0.05, 0.1) is 11.7 Å². The second-order valence-electron chi connectivity index (χ2n) is 4.39. The van der Waals surface area contributed by atoms with Crippen molar-refractivity contribution in [2.24, 2.45) is 0 Å². The Kier molecular flexibility index (Phi) is 6.17. The van der Waals surface area contributed by atoms with Crippen molar-refractivity contribution in [3.8, 4) is 11.8 Å². The van der Waals surface area contributed by atoms with Crippen LogP contribution in [0, 0.1) is 11.3 Å². The smallest absolute Gasteiger partial charge is 0.137 e. The van der Waals surface area contributed by atoms with E-state index in [1.165, 1.54) is 25.7 Å². The van der Waals surface area contributed by atoms with Crippen LogP contribution in [0.5, 0.6) is 5.75 Å². The van der Waals surface area contributed by atoms with Crippen LogP contribution in [0.3, 0.4) is 0 Å². The first kappa shape index (κ1) is 13.6. The van der Waals surface area contributed by atoms with Gasteiger partial charge in [0.25, 0.3) is 0 Å². The van der Waals surface area contributed by atoms with Crippen molar-refractivity contribution in [2.75, 3.05) is 0 Å². The molecule has 92 valence electrons. The molecule has 1 unspecified atom stereocenters. The van der Waals surface area contributed by atoms with Crippen LogP contribution in [0.4, 0.5) is 0 Å². The third-order valence-electron chi connectivity index (χ3n) is 2.80. The van der Waals surface area contributed by atoms with Gasteiger partial charge in [0.2, 0.25) is 0 Å². The van der Waals surface area contributed by atoms with Crippen molar-refractivity contribution < 1.29 is 4.74 Å². The lowest BCUT2D eigenvalue weighted by molar-refractivity contribution is 0.206. The van der Waals surface area contributed by atoms with E-state index in [-0.39, 0.29) is 6.10 Å². The fourth-order valence-corrected chi connectivity index (χ4v) is 1.80. The summed E-state index contributed by atoms with van der Waals surface area (Å²) in [6.45, 7) is 4.28. The fourth-order valence-electron chi connectivity index (χ4n) is 1.80. The molecule has 2 heteroatoms. The van der Waals surface area contributed by atoms with Crippen LogP contribution in [0.15, 0.2) is 24.3 Å². The number of hydrogen-bond acceptors (Lipinski definition) is 2. The maximum Gasteiger partial charge on any atom is 0.137 e. The van der Waals surface area contributed by atoms with Crippen molar-refractivity contribution in [3.63, 3.8) is 0 Å². The lowest BCUT2D eigenvalue weighted by Crippen LogP contribution is -2.12. The van der Waals surface area contributed by atoms with Crippen molar-refractivity contribution >= 4 is 0 Å². The number of nitrogens with zero attached hydrogens (tertiary/aromatic N) is 1. The van der Waals surface area contributed by atoms with Crippen LogP contribution in [-0.2, 0) is 0 Å². The Labute approximate surface area is 104 Å². The molecule has 2 nitrogen and oxygen atoms in total. The van der Waals surface area contributed by atoms with Crippen LogP contribution >= 0.6 is 0 Å². The summed E-state index contributed by atoms with van der Waals surface area (Å²) in [6, 6.07) is 9.57. The van der Waals surface area contributed by atoms with E-state index in [0.29, 0.717) is 11.3 Å². The monoisotopic (exact) mass is 231 g/mol. The number of para-hydroxylation sites is 1. The SMILES string of the molecule is CCCCCCC(C)Oc1ccccc1C#N. The lowest BCUT2D eigenvalue weighted by Gasteiger charge is -2.15. The molecule has 0 aliphatic carbocycles. The minimum Gasteiger partial charge on any atom is -0.489 e. The van der Waals surface area contributed by atoms with Crippen molar-refractivity contribution in [1.29, 1.82) is 5.26 Å². The van der Waals surface area contributed by atoms with Gasteiger partial charge in [-0.2, -0.15) is 5.26 Å². The van der Waals surface area contributed by atoms with E-state index >= 15 is 0 Å². The molecule has 0 amide bonds. The first-order chi connectivity index (χ1) is 8.27. The highest BCUT2D eigenvalue weighted by atomic mass is 16.5. The summed E-state index contributed by atoms with van der Waals surface area (Å²) >= 11 is 0. The van der Waals surface area contributed by atoms with Crippen molar-refractivity contribution in [1.82, 2.24) is 0 Å². The summed E-state index contributed by atoms with van der Waals surface area (Å²) < 4.78 is 5.79. The number of unbranched alkanes of at least 4 members (excludes halogenated alkanes) is 3. The Morgan fingerprint density at radius 3 is 2.71 bits per heavy atom. The van der Waals surface area contributed by atoms with E-state index in [1.807, 2.05) is 18.2 Å². The maximum atomic E-state index is 8.95. The number of rotatable bonds is 7. The third-order valence-corrected chi connectivity index (χ3v) is 2.80. The van der Waals surface area contributed by atoms with E-state index < -0.39 is 0 Å². The van der Waals surface area contributed by atoms with Gasteiger partial charge in [-0.15, -0.1) is 0 Å². The first-order valence-electron chi connectivity index (χ1n) is 6.43. The highest BCUT2D eigenvalue weighted by Gasteiger charge is 2.07.